The molecule has 0 aliphatic carbocycles. The van der Waals surface area contributed by atoms with Crippen molar-refractivity contribution >= 4 is 33.3 Å². The predicted molar refractivity (Wildman–Crippen MR) is 119 cm³/mol. The fourth-order valence-corrected chi connectivity index (χ4v) is 5.14. The highest BCUT2D eigenvalue weighted by Gasteiger charge is 2.32. The van der Waals surface area contributed by atoms with Crippen LogP contribution in [0.15, 0.2) is 65.6 Å². The van der Waals surface area contributed by atoms with Crippen LogP contribution in [0.25, 0.3) is 0 Å². The van der Waals surface area contributed by atoms with Crippen LogP contribution in [0.2, 0.25) is 0 Å². The SMILES string of the molecule is Cc1ccc(F)cc1S(=O)(=O)N1CCOc2ccc(C(=O)Nc3ccc(C(=O)O)cc3)cc21. The van der Waals surface area contributed by atoms with Crippen molar-refractivity contribution < 1.29 is 32.2 Å². The van der Waals surface area contributed by atoms with Gasteiger partial charge in [0.2, 0.25) is 0 Å². The van der Waals surface area contributed by atoms with Gasteiger partial charge in [0.25, 0.3) is 15.9 Å². The Kier molecular flexibility index (Phi) is 5.77. The van der Waals surface area contributed by atoms with E-state index in [2.05, 4.69) is 5.32 Å². The number of halogens is 1. The van der Waals surface area contributed by atoms with Gasteiger partial charge in [-0.05, 0) is 67.1 Å². The number of nitrogens with one attached hydrogen (secondary N) is 1. The maximum absolute atomic E-state index is 13.8. The highest BCUT2D eigenvalue weighted by Crippen LogP contribution is 2.37. The Morgan fingerprint density at radius 2 is 1.73 bits per heavy atom. The lowest BCUT2D eigenvalue weighted by Crippen LogP contribution is -2.38. The Bertz CT molecular complexity index is 1360. The van der Waals surface area contributed by atoms with Crippen molar-refractivity contribution in [1.82, 2.24) is 0 Å². The maximum Gasteiger partial charge on any atom is 0.335 e. The van der Waals surface area contributed by atoms with E-state index in [0.29, 0.717) is 11.3 Å². The zero-order valence-electron chi connectivity index (χ0n) is 17.4. The summed E-state index contributed by atoms with van der Waals surface area (Å²) < 4.78 is 47.1. The third-order valence-corrected chi connectivity index (χ3v) is 7.10. The molecular formula is C23H19FN2O6S. The van der Waals surface area contributed by atoms with Gasteiger partial charge in [0.1, 0.15) is 18.2 Å². The molecule has 4 rings (SSSR count). The topological polar surface area (TPSA) is 113 Å². The van der Waals surface area contributed by atoms with Crippen molar-refractivity contribution in [3.63, 3.8) is 0 Å². The van der Waals surface area contributed by atoms with Crippen LogP contribution in [0.1, 0.15) is 26.3 Å². The summed E-state index contributed by atoms with van der Waals surface area (Å²) >= 11 is 0. The lowest BCUT2D eigenvalue weighted by Gasteiger charge is -2.31. The van der Waals surface area contributed by atoms with E-state index in [0.717, 1.165) is 10.4 Å². The average Bonchev–Trinajstić information content (AvgIpc) is 2.80. The van der Waals surface area contributed by atoms with Crippen LogP contribution >= 0.6 is 0 Å². The van der Waals surface area contributed by atoms with E-state index in [1.807, 2.05) is 0 Å². The number of aromatic carboxylic acids is 1. The monoisotopic (exact) mass is 470 g/mol. The number of hydrogen-bond acceptors (Lipinski definition) is 5. The lowest BCUT2D eigenvalue weighted by atomic mass is 10.1. The van der Waals surface area contributed by atoms with Crippen molar-refractivity contribution in [2.24, 2.45) is 0 Å². The van der Waals surface area contributed by atoms with E-state index >= 15 is 0 Å². The minimum absolute atomic E-state index is 0.00693. The molecule has 1 aliphatic heterocycles. The largest absolute Gasteiger partial charge is 0.489 e. The van der Waals surface area contributed by atoms with Crippen molar-refractivity contribution in [3.8, 4) is 5.75 Å². The molecule has 1 aliphatic rings. The highest BCUT2D eigenvalue weighted by molar-refractivity contribution is 7.92. The van der Waals surface area contributed by atoms with Crippen molar-refractivity contribution in [1.29, 1.82) is 0 Å². The summed E-state index contributed by atoms with van der Waals surface area (Å²) in [6, 6.07) is 13.5. The minimum atomic E-state index is -4.12. The number of ether oxygens (including phenoxy) is 1. The first-order chi connectivity index (χ1) is 15.7. The van der Waals surface area contributed by atoms with Gasteiger partial charge in [-0.1, -0.05) is 6.07 Å². The minimum Gasteiger partial charge on any atom is -0.489 e. The normalized spacial score (nSPS) is 13.1. The van der Waals surface area contributed by atoms with Crippen LogP contribution in [0.4, 0.5) is 15.8 Å². The molecule has 10 heteroatoms. The predicted octanol–water partition coefficient (Wildman–Crippen LogP) is 3.67. The number of hydrogen-bond donors (Lipinski definition) is 2. The Balaban J connectivity index is 1.66. The number of fused-ring (bicyclic) bond motifs is 1. The van der Waals surface area contributed by atoms with E-state index in [1.54, 1.807) is 6.92 Å². The summed E-state index contributed by atoms with van der Waals surface area (Å²) in [5.74, 6) is -2.00. The van der Waals surface area contributed by atoms with Crippen LogP contribution in [0.5, 0.6) is 5.75 Å². The molecule has 8 nitrogen and oxygen atoms in total. The van der Waals surface area contributed by atoms with Crippen LogP contribution in [0.3, 0.4) is 0 Å². The first-order valence-electron chi connectivity index (χ1n) is 9.87. The molecule has 3 aromatic carbocycles. The molecule has 0 atom stereocenters. The molecular weight excluding hydrogens is 451 g/mol. The Labute approximate surface area is 189 Å². The van der Waals surface area contributed by atoms with Crippen LogP contribution in [0, 0.1) is 12.7 Å². The summed E-state index contributed by atoms with van der Waals surface area (Å²) in [6.07, 6.45) is 0. The van der Waals surface area contributed by atoms with Gasteiger partial charge >= 0.3 is 5.97 Å². The summed E-state index contributed by atoms with van der Waals surface area (Å²) in [7, 11) is -4.12. The van der Waals surface area contributed by atoms with Gasteiger partial charge in [0.15, 0.2) is 0 Å². The van der Waals surface area contributed by atoms with Crippen molar-refractivity contribution in [3.05, 3.63) is 83.2 Å². The molecule has 1 amide bonds. The van der Waals surface area contributed by atoms with E-state index in [1.165, 1.54) is 54.6 Å². The number of amides is 1. The number of benzene rings is 3. The smallest absolute Gasteiger partial charge is 0.335 e. The molecule has 170 valence electrons. The number of aryl methyl sites for hydroxylation is 1. The first-order valence-corrected chi connectivity index (χ1v) is 11.3. The number of carboxylic acids is 1. The lowest BCUT2D eigenvalue weighted by molar-refractivity contribution is 0.0696. The third kappa shape index (κ3) is 4.37. The summed E-state index contributed by atoms with van der Waals surface area (Å²) in [4.78, 5) is 23.6. The fourth-order valence-electron chi connectivity index (χ4n) is 3.45. The molecule has 0 saturated heterocycles. The molecule has 0 aromatic heterocycles. The molecule has 0 unspecified atom stereocenters. The maximum atomic E-state index is 13.8. The standard InChI is InChI=1S/C23H19FN2O6S/c1-14-2-6-17(24)13-21(14)33(30,31)26-10-11-32-20-9-5-16(12-19(20)26)22(27)25-18-7-3-15(4-8-18)23(28)29/h2-9,12-13H,10-11H2,1H3,(H,25,27)(H,28,29). The first kappa shape index (κ1) is 22.3. The summed E-state index contributed by atoms with van der Waals surface area (Å²) in [5.41, 5.74) is 1.17. The van der Waals surface area contributed by atoms with Crippen LogP contribution in [-0.2, 0) is 10.0 Å². The molecule has 0 bridgehead atoms. The second kappa shape index (κ2) is 8.55. The number of carboxylic acid groups (broad SMARTS) is 1. The Hall–Kier alpha value is -3.92. The van der Waals surface area contributed by atoms with Gasteiger partial charge < -0.3 is 15.2 Å². The number of nitrogens with zero attached hydrogens (tertiary/aromatic N) is 1. The zero-order chi connectivity index (χ0) is 23.8. The molecule has 33 heavy (non-hydrogen) atoms. The van der Waals surface area contributed by atoms with Gasteiger partial charge in [-0.3, -0.25) is 9.10 Å². The summed E-state index contributed by atoms with van der Waals surface area (Å²) in [5, 5.41) is 11.6. The highest BCUT2D eigenvalue weighted by atomic mass is 32.2. The quantitative estimate of drug-likeness (QED) is 0.588. The van der Waals surface area contributed by atoms with Gasteiger partial charge in [0, 0.05) is 11.3 Å². The molecule has 1 heterocycles. The van der Waals surface area contributed by atoms with E-state index in [9.17, 15) is 22.4 Å². The molecule has 0 saturated carbocycles. The molecule has 0 radical (unpaired) electrons. The fraction of sp³-hybridized carbons (Fsp3) is 0.130. The summed E-state index contributed by atoms with van der Waals surface area (Å²) in [6.45, 7) is 1.67. The zero-order valence-corrected chi connectivity index (χ0v) is 18.2. The molecule has 2 N–H and O–H groups in total. The molecule has 0 fully saturated rings. The second-order valence-electron chi connectivity index (χ2n) is 7.35. The van der Waals surface area contributed by atoms with Gasteiger partial charge in [-0.15, -0.1) is 0 Å². The van der Waals surface area contributed by atoms with Gasteiger partial charge in [-0.25, -0.2) is 17.6 Å². The number of anilines is 2. The average molecular weight is 470 g/mol. The Morgan fingerprint density at radius 1 is 1.03 bits per heavy atom. The third-order valence-electron chi connectivity index (χ3n) is 5.15. The van der Waals surface area contributed by atoms with Crippen molar-refractivity contribution in [2.45, 2.75) is 11.8 Å². The Morgan fingerprint density at radius 3 is 2.42 bits per heavy atom. The van der Waals surface area contributed by atoms with Crippen LogP contribution in [-0.4, -0.2) is 38.6 Å². The van der Waals surface area contributed by atoms with E-state index in [4.69, 9.17) is 9.84 Å². The van der Waals surface area contributed by atoms with Crippen LogP contribution < -0.4 is 14.4 Å². The van der Waals surface area contributed by atoms with Crippen molar-refractivity contribution in [2.75, 3.05) is 22.8 Å². The number of sulfonamides is 1. The number of carbonyl (C=O) groups excluding carboxylic acids is 1. The van der Waals surface area contributed by atoms with E-state index in [-0.39, 0.29) is 40.6 Å². The van der Waals surface area contributed by atoms with Gasteiger partial charge in [-0.2, -0.15) is 0 Å². The van der Waals surface area contributed by atoms with Gasteiger partial charge in [0.05, 0.1) is 22.7 Å². The number of rotatable bonds is 5. The second-order valence-corrected chi connectivity index (χ2v) is 9.19. The molecule has 0 spiro atoms. The number of carbonyl (C=O) groups is 2. The molecule has 3 aromatic rings. The van der Waals surface area contributed by atoms with E-state index < -0.39 is 27.7 Å².